The summed E-state index contributed by atoms with van der Waals surface area (Å²) in [5.41, 5.74) is 1.24. The van der Waals surface area contributed by atoms with Crippen molar-refractivity contribution in [3.05, 3.63) is 11.6 Å². The molecule has 0 aliphatic carbocycles. The summed E-state index contributed by atoms with van der Waals surface area (Å²) in [4.78, 5) is 0. The molecular weight excluding hydrogens is 160 g/mol. The van der Waals surface area contributed by atoms with Gasteiger partial charge in [0.25, 0.3) is 0 Å². The fourth-order valence-corrected chi connectivity index (χ4v) is 1.42. The maximum atomic E-state index is 9.88. The standard InChI is InChI=1S/C12H24O/c1-5-7-9-11(8-6-2)12(13)10(3)4/h9-10,12-13H,5-8H2,1-4H3/b11-9+. The van der Waals surface area contributed by atoms with Gasteiger partial charge >= 0.3 is 0 Å². The largest absolute Gasteiger partial charge is 0.388 e. The van der Waals surface area contributed by atoms with Crippen molar-refractivity contribution in [1.29, 1.82) is 0 Å². The van der Waals surface area contributed by atoms with E-state index in [1.54, 1.807) is 0 Å². The molecule has 0 amide bonds. The molecule has 0 aliphatic heterocycles. The van der Waals surface area contributed by atoms with Crippen molar-refractivity contribution in [3.63, 3.8) is 0 Å². The van der Waals surface area contributed by atoms with Crippen molar-refractivity contribution >= 4 is 0 Å². The lowest BCUT2D eigenvalue weighted by Crippen LogP contribution is -2.17. The topological polar surface area (TPSA) is 20.2 Å². The first-order valence-electron chi connectivity index (χ1n) is 5.50. The smallest absolute Gasteiger partial charge is 0.0772 e. The SMILES string of the molecule is CCC/C=C(\CCC)C(O)C(C)C. The van der Waals surface area contributed by atoms with Crippen LogP contribution >= 0.6 is 0 Å². The van der Waals surface area contributed by atoms with Gasteiger partial charge in [0.15, 0.2) is 0 Å². The number of hydrogen-bond acceptors (Lipinski definition) is 1. The monoisotopic (exact) mass is 184 g/mol. The van der Waals surface area contributed by atoms with Crippen LogP contribution in [0.4, 0.5) is 0 Å². The lowest BCUT2D eigenvalue weighted by molar-refractivity contribution is 0.156. The van der Waals surface area contributed by atoms with E-state index >= 15 is 0 Å². The van der Waals surface area contributed by atoms with Crippen LogP contribution in [0.2, 0.25) is 0 Å². The van der Waals surface area contributed by atoms with Crippen LogP contribution in [0.5, 0.6) is 0 Å². The molecule has 0 bridgehead atoms. The Morgan fingerprint density at radius 3 is 2.23 bits per heavy atom. The normalized spacial score (nSPS) is 15.1. The summed E-state index contributed by atoms with van der Waals surface area (Å²) in [6.07, 6.45) is 6.41. The summed E-state index contributed by atoms with van der Waals surface area (Å²) in [6.45, 7) is 8.47. The number of hydrogen-bond donors (Lipinski definition) is 1. The Bertz CT molecular complexity index is 147. The molecule has 0 heterocycles. The summed E-state index contributed by atoms with van der Waals surface area (Å²) in [5.74, 6) is 0.342. The highest BCUT2D eigenvalue weighted by Crippen LogP contribution is 2.18. The first-order chi connectivity index (χ1) is 6.13. The zero-order valence-electron chi connectivity index (χ0n) is 9.51. The van der Waals surface area contributed by atoms with Gasteiger partial charge < -0.3 is 5.11 Å². The molecule has 0 rings (SSSR count). The van der Waals surface area contributed by atoms with Crippen LogP contribution in [0.15, 0.2) is 11.6 Å². The number of unbranched alkanes of at least 4 members (excludes halogenated alkanes) is 1. The second kappa shape index (κ2) is 7.14. The highest BCUT2D eigenvalue weighted by atomic mass is 16.3. The molecule has 0 aromatic carbocycles. The van der Waals surface area contributed by atoms with Crippen LogP contribution in [0, 0.1) is 5.92 Å². The Hall–Kier alpha value is -0.300. The molecular formula is C12H24O. The van der Waals surface area contributed by atoms with Gasteiger partial charge in [-0.05, 0) is 24.3 Å². The van der Waals surface area contributed by atoms with Crippen molar-refractivity contribution in [2.75, 3.05) is 0 Å². The lowest BCUT2D eigenvalue weighted by Gasteiger charge is -2.18. The Morgan fingerprint density at radius 1 is 1.23 bits per heavy atom. The van der Waals surface area contributed by atoms with Gasteiger partial charge in [-0.3, -0.25) is 0 Å². The zero-order valence-corrected chi connectivity index (χ0v) is 9.51. The van der Waals surface area contributed by atoms with Gasteiger partial charge in [0, 0.05) is 0 Å². The van der Waals surface area contributed by atoms with E-state index in [2.05, 4.69) is 33.8 Å². The molecule has 0 aliphatic rings. The second-order valence-corrected chi connectivity index (χ2v) is 4.01. The fraction of sp³-hybridized carbons (Fsp3) is 0.833. The third-order valence-electron chi connectivity index (χ3n) is 2.25. The van der Waals surface area contributed by atoms with Gasteiger partial charge in [-0.1, -0.05) is 46.6 Å². The third-order valence-corrected chi connectivity index (χ3v) is 2.25. The molecule has 0 aromatic heterocycles. The van der Waals surface area contributed by atoms with Crippen molar-refractivity contribution < 1.29 is 5.11 Å². The van der Waals surface area contributed by atoms with E-state index in [1.807, 2.05) is 0 Å². The predicted octanol–water partition coefficient (Wildman–Crippen LogP) is 3.53. The highest BCUT2D eigenvalue weighted by Gasteiger charge is 2.13. The van der Waals surface area contributed by atoms with Gasteiger partial charge in [0.2, 0.25) is 0 Å². The molecule has 1 N–H and O–H groups in total. The number of allylic oxidation sites excluding steroid dienone is 1. The van der Waals surface area contributed by atoms with Crippen LogP contribution < -0.4 is 0 Å². The van der Waals surface area contributed by atoms with E-state index < -0.39 is 0 Å². The lowest BCUT2D eigenvalue weighted by atomic mass is 9.94. The maximum Gasteiger partial charge on any atom is 0.0772 e. The molecule has 1 atom stereocenters. The van der Waals surface area contributed by atoms with Crippen LogP contribution in [0.3, 0.4) is 0 Å². The summed E-state index contributed by atoms with van der Waals surface area (Å²) in [6, 6.07) is 0. The van der Waals surface area contributed by atoms with E-state index in [9.17, 15) is 5.11 Å². The van der Waals surface area contributed by atoms with E-state index in [0.717, 1.165) is 25.7 Å². The molecule has 0 fully saturated rings. The summed E-state index contributed by atoms with van der Waals surface area (Å²) in [7, 11) is 0. The maximum absolute atomic E-state index is 9.88. The molecule has 78 valence electrons. The number of aliphatic hydroxyl groups excluding tert-OH is 1. The highest BCUT2D eigenvalue weighted by molar-refractivity contribution is 5.08. The first kappa shape index (κ1) is 12.7. The fourth-order valence-electron chi connectivity index (χ4n) is 1.42. The second-order valence-electron chi connectivity index (χ2n) is 4.01. The van der Waals surface area contributed by atoms with Crippen LogP contribution in [-0.2, 0) is 0 Å². The van der Waals surface area contributed by atoms with Crippen molar-refractivity contribution in [1.82, 2.24) is 0 Å². The Morgan fingerprint density at radius 2 is 1.85 bits per heavy atom. The number of rotatable bonds is 6. The van der Waals surface area contributed by atoms with Crippen LogP contribution in [0.25, 0.3) is 0 Å². The average Bonchev–Trinajstić information content (AvgIpc) is 2.11. The zero-order chi connectivity index (χ0) is 10.3. The number of aliphatic hydroxyl groups is 1. The molecule has 0 aromatic rings. The minimum absolute atomic E-state index is 0.230. The van der Waals surface area contributed by atoms with E-state index in [0.29, 0.717) is 5.92 Å². The minimum atomic E-state index is -0.230. The van der Waals surface area contributed by atoms with E-state index in [4.69, 9.17) is 0 Å². The molecule has 1 heteroatoms. The molecule has 13 heavy (non-hydrogen) atoms. The van der Waals surface area contributed by atoms with Crippen LogP contribution in [-0.4, -0.2) is 11.2 Å². The molecule has 0 radical (unpaired) electrons. The van der Waals surface area contributed by atoms with Gasteiger partial charge in [0.05, 0.1) is 6.10 Å². The van der Waals surface area contributed by atoms with Crippen LogP contribution in [0.1, 0.15) is 53.4 Å². The molecule has 1 nitrogen and oxygen atoms in total. The van der Waals surface area contributed by atoms with Crippen molar-refractivity contribution in [3.8, 4) is 0 Å². The van der Waals surface area contributed by atoms with Gasteiger partial charge in [-0.25, -0.2) is 0 Å². The molecule has 0 saturated carbocycles. The van der Waals surface area contributed by atoms with E-state index in [-0.39, 0.29) is 6.10 Å². The minimum Gasteiger partial charge on any atom is -0.388 e. The molecule has 0 saturated heterocycles. The summed E-state index contributed by atoms with van der Waals surface area (Å²) in [5, 5.41) is 9.88. The first-order valence-corrected chi connectivity index (χ1v) is 5.50. The Labute approximate surface area is 82.9 Å². The van der Waals surface area contributed by atoms with Crippen molar-refractivity contribution in [2.24, 2.45) is 5.92 Å². The Kier molecular flexibility index (Phi) is 6.97. The molecule has 1 unspecified atom stereocenters. The van der Waals surface area contributed by atoms with E-state index in [1.165, 1.54) is 5.57 Å². The van der Waals surface area contributed by atoms with Gasteiger partial charge in [0.1, 0.15) is 0 Å². The average molecular weight is 184 g/mol. The van der Waals surface area contributed by atoms with Gasteiger partial charge in [-0.15, -0.1) is 0 Å². The van der Waals surface area contributed by atoms with Crippen molar-refractivity contribution in [2.45, 2.75) is 59.5 Å². The summed E-state index contributed by atoms with van der Waals surface area (Å²) >= 11 is 0. The van der Waals surface area contributed by atoms with Gasteiger partial charge in [-0.2, -0.15) is 0 Å². The third kappa shape index (κ3) is 5.09. The quantitative estimate of drug-likeness (QED) is 0.626. The predicted molar refractivity (Wildman–Crippen MR) is 58.7 cm³/mol. The Balaban J connectivity index is 4.22. The molecule has 0 spiro atoms. The summed E-state index contributed by atoms with van der Waals surface area (Å²) < 4.78 is 0.